The molecular formula is C17H19ClN4O2. The number of aryl methyl sites for hydroxylation is 2. The van der Waals surface area contributed by atoms with Crippen LogP contribution < -0.4 is 10.6 Å². The van der Waals surface area contributed by atoms with E-state index in [4.69, 9.17) is 11.6 Å². The molecule has 2 amide bonds. The number of amides is 2. The van der Waals surface area contributed by atoms with Crippen molar-refractivity contribution in [3.05, 3.63) is 52.6 Å². The minimum absolute atomic E-state index is 0.0275. The largest absolute Gasteiger partial charge is 0.347 e. The first kappa shape index (κ1) is 16.5. The lowest BCUT2D eigenvalue weighted by atomic mass is 9.95. The summed E-state index contributed by atoms with van der Waals surface area (Å²) < 4.78 is 1.84. The average molecular weight is 347 g/mol. The van der Waals surface area contributed by atoms with E-state index in [1.54, 1.807) is 24.7 Å². The highest BCUT2D eigenvalue weighted by atomic mass is 35.5. The second kappa shape index (κ2) is 6.65. The Labute approximate surface area is 145 Å². The van der Waals surface area contributed by atoms with Gasteiger partial charge in [-0.05, 0) is 25.0 Å². The molecule has 6 nitrogen and oxygen atoms in total. The first-order valence-corrected chi connectivity index (χ1v) is 8.16. The standard InChI is InChI=1S/C17H19ClN4O2/c1-10-4-3-5-11(15(10)18)17(24)20-12-6-7-14(23)21-16(12)13-8-19-9-22(13)2/h3-5,8-9,12,16H,6-7H2,1-2H3,(H,20,24)(H,21,23)/t12-,16-/m1/s1. The first-order chi connectivity index (χ1) is 11.5. The summed E-state index contributed by atoms with van der Waals surface area (Å²) in [7, 11) is 1.86. The van der Waals surface area contributed by atoms with Crippen LogP contribution in [0.2, 0.25) is 5.02 Å². The van der Waals surface area contributed by atoms with E-state index in [2.05, 4.69) is 15.6 Å². The van der Waals surface area contributed by atoms with Gasteiger partial charge in [0.25, 0.3) is 5.91 Å². The lowest BCUT2D eigenvalue weighted by Crippen LogP contribution is -2.50. The maximum Gasteiger partial charge on any atom is 0.253 e. The van der Waals surface area contributed by atoms with Crippen LogP contribution in [0.15, 0.2) is 30.7 Å². The van der Waals surface area contributed by atoms with Crippen LogP contribution in [0.4, 0.5) is 0 Å². The second-order valence-electron chi connectivity index (χ2n) is 6.03. The monoisotopic (exact) mass is 346 g/mol. The fourth-order valence-electron chi connectivity index (χ4n) is 2.97. The van der Waals surface area contributed by atoms with E-state index in [9.17, 15) is 9.59 Å². The lowest BCUT2D eigenvalue weighted by Gasteiger charge is -2.33. The van der Waals surface area contributed by atoms with Gasteiger partial charge in [0, 0.05) is 13.5 Å². The van der Waals surface area contributed by atoms with Gasteiger partial charge >= 0.3 is 0 Å². The molecule has 1 aromatic heterocycles. The van der Waals surface area contributed by atoms with Crippen LogP contribution in [-0.2, 0) is 11.8 Å². The fraction of sp³-hybridized carbons (Fsp3) is 0.353. The summed E-state index contributed by atoms with van der Waals surface area (Å²) in [6.07, 6.45) is 4.32. The van der Waals surface area contributed by atoms with Gasteiger partial charge in [0.15, 0.2) is 0 Å². The van der Waals surface area contributed by atoms with Crippen molar-refractivity contribution in [1.29, 1.82) is 0 Å². The number of benzene rings is 1. The second-order valence-corrected chi connectivity index (χ2v) is 6.41. The molecule has 0 saturated carbocycles. The van der Waals surface area contributed by atoms with E-state index in [1.165, 1.54) is 0 Å². The van der Waals surface area contributed by atoms with E-state index in [-0.39, 0.29) is 23.9 Å². The van der Waals surface area contributed by atoms with Crippen molar-refractivity contribution in [3.63, 3.8) is 0 Å². The molecule has 0 bridgehead atoms. The minimum Gasteiger partial charge on any atom is -0.347 e. The zero-order chi connectivity index (χ0) is 17.3. The zero-order valence-corrected chi connectivity index (χ0v) is 14.3. The Morgan fingerprint density at radius 1 is 1.46 bits per heavy atom. The van der Waals surface area contributed by atoms with Crippen molar-refractivity contribution in [1.82, 2.24) is 20.2 Å². The van der Waals surface area contributed by atoms with Gasteiger partial charge in [-0.2, -0.15) is 0 Å². The molecule has 2 N–H and O–H groups in total. The lowest BCUT2D eigenvalue weighted by molar-refractivity contribution is -0.123. The van der Waals surface area contributed by atoms with Crippen LogP contribution in [0.5, 0.6) is 0 Å². The third-order valence-electron chi connectivity index (χ3n) is 4.33. The van der Waals surface area contributed by atoms with Gasteiger partial charge in [0.05, 0.1) is 40.9 Å². The molecule has 0 aliphatic carbocycles. The summed E-state index contributed by atoms with van der Waals surface area (Å²) in [6, 6.07) is 4.83. The quantitative estimate of drug-likeness (QED) is 0.894. The minimum atomic E-state index is -0.314. The van der Waals surface area contributed by atoms with Gasteiger partial charge in [0.2, 0.25) is 5.91 Å². The van der Waals surface area contributed by atoms with Crippen LogP contribution in [0.3, 0.4) is 0 Å². The van der Waals surface area contributed by atoms with Gasteiger partial charge in [-0.3, -0.25) is 9.59 Å². The third-order valence-corrected chi connectivity index (χ3v) is 4.83. The Morgan fingerprint density at radius 2 is 2.25 bits per heavy atom. The van der Waals surface area contributed by atoms with Crippen LogP contribution in [0, 0.1) is 6.92 Å². The molecule has 0 unspecified atom stereocenters. The van der Waals surface area contributed by atoms with Crippen molar-refractivity contribution in [2.45, 2.75) is 31.8 Å². The molecule has 1 aliphatic rings. The molecule has 2 aromatic rings. The number of hydrogen-bond acceptors (Lipinski definition) is 3. The molecule has 1 aliphatic heterocycles. The number of imidazole rings is 1. The topological polar surface area (TPSA) is 76.0 Å². The summed E-state index contributed by atoms with van der Waals surface area (Å²) in [5, 5.41) is 6.41. The highest BCUT2D eigenvalue weighted by Crippen LogP contribution is 2.25. The third kappa shape index (κ3) is 3.14. The molecule has 2 heterocycles. The van der Waals surface area contributed by atoms with Gasteiger partial charge in [0.1, 0.15) is 0 Å². The Balaban J connectivity index is 1.84. The van der Waals surface area contributed by atoms with Gasteiger partial charge in [-0.25, -0.2) is 4.98 Å². The molecule has 7 heteroatoms. The Kier molecular flexibility index (Phi) is 4.57. The fourth-order valence-corrected chi connectivity index (χ4v) is 3.18. The number of nitrogens with zero attached hydrogens (tertiary/aromatic N) is 2. The molecule has 0 radical (unpaired) electrons. The van der Waals surface area contributed by atoms with Crippen molar-refractivity contribution < 1.29 is 9.59 Å². The maximum atomic E-state index is 12.6. The van der Waals surface area contributed by atoms with E-state index in [1.807, 2.05) is 24.6 Å². The summed E-state index contributed by atoms with van der Waals surface area (Å²) >= 11 is 6.25. The molecule has 1 fully saturated rings. The number of carbonyl (C=O) groups is 2. The number of aromatic nitrogens is 2. The maximum absolute atomic E-state index is 12.6. The zero-order valence-electron chi connectivity index (χ0n) is 13.5. The first-order valence-electron chi connectivity index (χ1n) is 7.79. The van der Waals surface area contributed by atoms with Gasteiger partial charge in [-0.15, -0.1) is 0 Å². The number of nitrogens with one attached hydrogen (secondary N) is 2. The Morgan fingerprint density at radius 3 is 2.96 bits per heavy atom. The summed E-state index contributed by atoms with van der Waals surface area (Å²) in [6.45, 7) is 1.86. The summed E-state index contributed by atoms with van der Waals surface area (Å²) in [4.78, 5) is 28.5. The average Bonchev–Trinajstić information content (AvgIpc) is 2.97. The molecule has 3 rings (SSSR count). The summed E-state index contributed by atoms with van der Waals surface area (Å²) in [5.41, 5.74) is 2.14. The molecule has 126 valence electrons. The van der Waals surface area contributed by atoms with Crippen molar-refractivity contribution in [2.24, 2.45) is 7.05 Å². The number of carbonyl (C=O) groups excluding carboxylic acids is 2. The number of rotatable bonds is 3. The van der Waals surface area contributed by atoms with Gasteiger partial charge < -0.3 is 15.2 Å². The molecule has 1 aromatic carbocycles. The Bertz CT molecular complexity index is 787. The summed E-state index contributed by atoms with van der Waals surface area (Å²) in [5.74, 6) is -0.266. The van der Waals surface area contributed by atoms with E-state index >= 15 is 0 Å². The SMILES string of the molecule is Cc1cccc(C(=O)N[C@@H]2CCC(=O)N[C@H]2c2cncn2C)c1Cl. The Hall–Kier alpha value is -2.34. The van der Waals surface area contributed by atoms with Crippen molar-refractivity contribution in [3.8, 4) is 0 Å². The molecule has 24 heavy (non-hydrogen) atoms. The van der Waals surface area contributed by atoms with Crippen molar-refractivity contribution >= 4 is 23.4 Å². The number of halogens is 1. The highest BCUT2D eigenvalue weighted by molar-refractivity contribution is 6.34. The van der Waals surface area contributed by atoms with Gasteiger partial charge in [-0.1, -0.05) is 23.7 Å². The highest BCUT2D eigenvalue weighted by Gasteiger charge is 2.33. The van der Waals surface area contributed by atoms with Crippen LogP contribution in [-0.4, -0.2) is 27.4 Å². The molecule has 2 atom stereocenters. The van der Waals surface area contributed by atoms with E-state index in [0.29, 0.717) is 23.4 Å². The molecule has 0 spiro atoms. The molecule has 1 saturated heterocycles. The predicted octanol–water partition coefficient (Wildman–Crippen LogP) is 2.13. The van der Waals surface area contributed by atoms with Crippen LogP contribution in [0.1, 0.15) is 40.5 Å². The van der Waals surface area contributed by atoms with Crippen LogP contribution >= 0.6 is 11.6 Å². The number of hydrogen-bond donors (Lipinski definition) is 2. The van der Waals surface area contributed by atoms with E-state index in [0.717, 1.165) is 11.3 Å². The predicted molar refractivity (Wildman–Crippen MR) is 90.8 cm³/mol. The van der Waals surface area contributed by atoms with Crippen molar-refractivity contribution in [2.75, 3.05) is 0 Å². The number of piperidine rings is 1. The normalized spacial score (nSPS) is 20.5. The van der Waals surface area contributed by atoms with E-state index < -0.39 is 0 Å². The van der Waals surface area contributed by atoms with Crippen LogP contribution in [0.25, 0.3) is 0 Å². The molecular weight excluding hydrogens is 328 g/mol. The smallest absolute Gasteiger partial charge is 0.253 e.